The molecular formula is C14H23ClN2O2. The Kier molecular flexibility index (Phi) is 8.19. The van der Waals surface area contributed by atoms with Crippen LogP contribution >= 0.6 is 12.4 Å². The van der Waals surface area contributed by atoms with E-state index in [0.717, 1.165) is 11.3 Å². The van der Waals surface area contributed by atoms with Gasteiger partial charge in [-0.3, -0.25) is 4.79 Å². The van der Waals surface area contributed by atoms with Gasteiger partial charge in [0.25, 0.3) is 0 Å². The van der Waals surface area contributed by atoms with Crippen LogP contribution in [-0.4, -0.2) is 19.1 Å². The van der Waals surface area contributed by atoms with Gasteiger partial charge in [0.15, 0.2) is 0 Å². The molecule has 0 saturated heterocycles. The van der Waals surface area contributed by atoms with E-state index in [1.165, 1.54) is 0 Å². The zero-order valence-corrected chi connectivity index (χ0v) is 12.5. The highest BCUT2D eigenvalue weighted by atomic mass is 35.5. The number of amides is 1. The minimum atomic E-state index is -0.0487. The first-order chi connectivity index (χ1) is 8.49. The zero-order valence-electron chi connectivity index (χ0n) is 11.7. The van der Waals surface area contributed by atoms with E-state index in [1.807, 2.05) is 19.1 Å². The number of carbonyl (C=O) groups is 1. The topological polar surface area (TPSA) is 64.3 Å². The number of ether oxygens (including phenoxy) is 1. The Balaban J connectivity index is 0.00000324. The number of nitrogen functional groups attached to an aromatic ring is 1. The van der Waals surface area contributed by atoms with Gasteiger partial charge in [-0.15, -0.1) is 12.4 Å². The fourth-order valence-electron chi connectivity index (χ4n) is 1.47. The summed E-state index contributed by atoms with van der Waals surface area (Å²) < 4.78 is 5.37. The number of rotatable bonds is 6. The largest absolute Gasteiger partial charge is 0.399 e. The third-order valence-electron chi connectivity index (χ3n) is 2.46. The first-order valence-electron chi connectivity index (χ1n) is 6.22. The van der Waals surface area contributed by atoms with Crippen molar-refractivity contribution in [3.8, 4) is 0 Å². The van der Waals surface area contributed by atoms with E-state index in [-0.39, 0.29) is 18.3 Å². The fraction of sp³-hybridized carbons (Fsp3) is 0.500. The van der Waals surface area contributed by atoms with Gasteiger partial charge in [0.1, 0.15) is 0 Å². The van der Waals surface area contributed by atoms with Crippen LogP contribution in [0.4, 0.5) is 11.4 Å². The van der Waals surface area contributed by atoms with Crippen molar-refractivity contribution in [1.82, 2.24) is 0 Å². The first-order valence-corrected chi connectivity index (χ1v) is 6.22. The summed E-state index contributed by atoms with van der Waals surface area (Å²) in [6.45, 7) is 7.23. The third-order valence-corrected chi connectivity index (χ3v) is 2.46. The predicted octanol–water partition coefficient (Wildman–Crippen LogP) is 3.00. The van der Waals surface area contributed by atoms with Crippen molar-refractivity contribution in [3.05, 3.63) is 23.8 Å². The standard InChI is InChI=1S/C14H22N2O2.ClH/c1-10(2)9-18-7-6-14(17)16-13-8-12(15)5-4-11(13)3;/h4-5,8,10H,6-7,9,15H2,1-3H3,(H,16,17);1H. The molecule has 0 aliphatic heterocycles. The van der Waals surface area contributed by atoms with E-state index in [2.05, 4.69) is 19.2 Å². The predicted molar refractivity (Wildman–Crippen MR) is 81.7 cm³/mol. The number of nitrogens with one attached hydrogen (secondary N) is 1. The molecule has 0 aromatic heterocycles. The van der Waals surface area contributed by atoms with Gasteiger partial charge in [-0.1, -0.05) is 19.9 Å². The summed E-state index contributed by atoms with van der Waals surface area (Å²) in [6.07, 6.45) is 0.362. The number of carbonyl (C=O) groups excluding carboxylic acids is 1. The third kappa shape index (κ3) is 7.03. The molecule has 108 valence electrons. The summed E-state index contributed by atoms with van der Waals surface area (Å²) in [5.74, 6) is 0.441. The van der Waals surface area contributed by atoms with Gasteiger partial charge in [-0.25, -0.2) is 0 Å². The van der Waals surface area contributed by atoms with Gasteiger partial charge >= 0.3 is 0 Å². The van der Waals surface area contributed by atoms with Crippen molar-refractivity contribution in [1.29, 1.82) is 0 Å². The summed E-state index contributed by atoms with van der Waals surface area (Å²) in [6, 6.07) is 5.47. The van der Waals surface area contributed by atoms with Crippen molar-refractivity contribution in [2.24, 2.45) is 5.92 Å². The molecule has 0 bridgehead atoms. The van der Waals surface area contributed by atoms with Crippen LogP contribution < -0.4 is 11.1 Å². The van der Waals surface area contributed by atoms with Gasteiger partial charge in [0.05, 0.1) is 13.0 Å². The molecule has 1 aromatic rings. The molecule has 0 saturated carbocycles. The normalized spacial score (nSPS) is 10.1. The van der Waals surface area contributed by atoms with Crippen LogP contribution in [0.5, 0.6) is 0 Å². The van der Waals surface area contributed by atoms with Crippen LogP contribution in [0.25, 0.3) is 0 Å². The number of aryl methyl sites for hydroxylation is 1. The molecule has 5 heteroatoms. The summed E-state index contributed by atoms with van der Waals surface area (Å²) >= 11 is 0. The van der Waals surface area contributed by atoms with E-state index in [1.54, 1.807) is 6.07 Å². The van der Waals surface area contributed by atoms with Crippen molar-refractivity contribution in [2.45, 2.75) is 27.2 Å². The van der Waals surface area contributed by atoms with E-state index in [4.69, 9.17) is 10.5 Å². The van der Waals surface area contributed by atoms with Gasteiger partial charge in [0.2, 0.25) is 5.91 Å². The molecule has 0 heterocycles. The van der Waals surface area contributed by atoms with Crippen molar-refractivity contribution < 1.29 is 9.53 Å². The molecule has 19 heavy (non-hydrogen) atoms. The number of nitrogens with two attached hydrogens (primary N) is 1. The first kappa shape index (κ1) is 17.7. The Morgan fingerprint density at radius 2 is 2.11 bits per heavy atom. The lowest BCUT2D eigenvalue weighted by Gasteiger charge is -2.10. The quantitative estimate of drug-likeness (QED) is 0.624. The average Bonchev–Trinajstić information content (AvgIpc) is 2.29. The second-order valence-corrected chi connectivity index (χ2v) is 4.84. The van der Waals surface area contributed by atoms with Crippen molar-refractivity contribution >= 4 is 29.7 Å². The van der Waals surface area contributed by atoms with Crippen LogP contribution in [0.15, 0.2) is 18.2 Å². The molecule has 1 rings (SSSR count). The van der Waals surface area contributed by atoms with Gasteiger partial charge in [-0.2, -0.15) is 0 Å². The second kappa shape index (κ2) is 8.77. The van der Waals surface area contributed by atoms with Crippen molar-refractivity contribution in [2.75, 3.05) is 24.3 Å². The maximum Gasteiger partial charge on any atom is 0.226 e. The molecule has 0 unspecified atom stereocenters. The molecule has 0 spiro atoms. The number of anilines is 2. The highest BCUT2D eigenvalue weighted by Gasteiger charge is 2.05. The lowest BCUT2D eigenvalue weighted by atomic mass is 10.2. The summed E-state index contributed by atoms with van der Waals surface area (Å²) in [4.78, 5) is 11.7. The van der Waals surface area contributed by atoms with Gasteiger partial charge < -0.3 is 15.8 Å². The number of hydrogen-bond acceptors (Lipinski definition) is 3. The van der Waals surface area contributed by atoms with Crippen LogP contribution in [0, 0.1) is 12.8 Å². The van der Waals surface area contributed by atoms with Crippen molar-refractivity contribution in [3.63, 3.8) is 0 Å². The Bertz CT molecular complexity index is 408. The molecule has 4 nitrogen and oxygen atoms in total. The van der Waals surface area contributed by atoms with Gasteiger partial charge in [0, 0.05) is 18.0 Å². The summed E-state index contributed by atoms with van der Waals surface area (Å²) in [5.41, 5.74) is 8.10. The fourth-order valence-corrected chi connectivity index (χ4v) is 1.47. The Morgan fingerprint density at radius 1 is 1.42 bits per heavy atom. The van der Waals surface area contributed by atoms with E-state index >= 15 is 0 Å². The van der Waals surface area contributed by atoms with Crippen LogP contribution in [-0.2, 0) is 9.53 Å². The van der Waals surface area contributed by atoms with E-state index in [9.17, 15) is 4.79 Å². The molecule has 0 aliphatic rings. The lowest BCUT2D eigenvalue weighted by molar-refractivity contribution is -0.117. The summed E-state index contributed by atoms with van der Waals surface area (Å²) in [7, 11) is 0. The Labute approximate surface area is 121 Å². The van der Waals surface area contributed by atoms with Crippen LogP contribution in [0.1, 0.15) is 25.8 Å². The van der Waals surface area contributed by atoms with Gasteiger partial charge in [-0.05, 0) is 30.5 Å². The molecule has 1 amide bonds. The maximum absolute atomic E-state index is 11.7. The van der Waals surface area contributed by atoms with E-state index in [0.29, 0.717) is 31.2 Å². The molecular weight excluding hydrogens is 264 g/mol. The molecule has 3 N–H and O–H groups in total. The monoisotopic (exact) mass is 286 g/mol. The Morgan fingerprint density at radius 3 is 2.74 bits per heavy atom. The highest BCUT2D eigenvalue weighted by Crippen LogP contribution is 2.18. The number of hydrogen-bond donors (Lipinski definition) is 2. The SMILES string of the molecule is Cc1ccc(N)cc1NC(=O)CCOCC(C)C.Cl. The lowest BCUT2D eigenvalue weighted by Crippen LogP contribution is -2.16. The highest BCUT2D eigenvalue weighted by molar-refractivity contribution is 5.92. The van der Waals surface area contributed by atoms with E-state index < -0.39 is 0 Å². The number of benzene rings is 1. The molecule has 1 aromatic carbocycles. The molecule has 0 aliphatic carbocycles. The molecule has 0 radical (unpaired) electrons. The summed E-state index contributed by atoms with van der Waals surface area (Å²) in [5, 5.41) is 2.84. The minimum absolute atomic E-state index is 0. The molecule has 0 atom stereocenters. The zero-order chi connectivity index (χ0) is 13.5. The maximum atomic E-state index is 11.7. The minimum Gasteiger partial charge on any atom is -0.399 e. The smallest absolute Gasteiger partial charge is 0.226 e. The average molecular weight is 287 g/mol. The Hall–Kier alpha value is -1.26. The number of halogens is 1. The molecule has 0 fully saturated rings. The van der Waals surface area contributed by atoms with Crippen LogP contribution in [0.3, 0.4) is 0 Å². The van der Waals surface area contributed by atoms with Crippen LogP contribution in [0.2, 0.25) is 0 Å². The second-order valence-electron chi connectivity index (χ2n) is 4.84.